The van der Waals surface area contributed by atoms with Crippen molar-refractivity contribution < 1.29 is 13.9 Å². The molecule has 4 rings (SSSR count). The van der Waals surface area contributed by atoms with Crippen LogP contribution in [0.1, 0.15) is 48.8 Å². The monoisotopic (exact) mass is 453 g/mol. The molecule has 0 spiro atoms. The van der Waals surface area contributed by atoms with Crippen molar-refractivity contribution in [1.82, 2.24) is 9.97 Å². The molecule has 1 aromatic heterocycles. The third-order valence-corrected chi connectivity index (χ3v) is 6.21. The number of nitrogens with zero attached hydrogens (tertiary/aromatic N) is 1. The number of aromatic amines is 1. The molecule has 1 aliphatic heterocycles. The van der Waals surface area contributed by atoms with Crippen LogP contribution in [-0.2, 0) is 10.5 Å². The Morgan fingerprint density at radius 2 is 1.88 bits per heavy atom. The summed E-state index contributed by atoms with van der Waals surface area (Å²) in [6.45, 7) is 2.77. The van der Waals surface area contributed by atoms with Gasteiger partial charge in [-0.05, 0) is 41.8 Å². The molecular weight excluding hydrogens is 429 g/mol. The van der Waals surface area contributed by atoms with Gasteiger partial charge in [0.15, 0.2) is 5.16 Å². The van der Waals surface area contributed by atoms with E-state index in [4.69, 9.17) is 4.74 Å². The van der Waals surface area contributed by atoms with Crippen molar-refractivity contribution in [1.29, 1.82) is 0 Å². The third-order valence-electron chi connectivity index (χ3n) is 5.27. The number of amides is 1. The Morgan fingerprint density at radius 3 is 2.59 bits per heavy atom. The summed E-state index contributed by atoms with van der Waals surface area (Å²) in [6, 6.07) is 13.7. The number of thioether (sulfide) groups is 1. The summed E-state index contributed by atoms with van der Waals surface area (Å²) in [5.74, 6) is 0.712. The van der Waals surface area contributed by atoms with E-state index < -0.39 is 0 Å². The average Bonchev–Trinajstić information content (AvgIpc) is 2.78. The van der Waals surface area contributed by atoms with Gasteiger partial charge in [-0.3, -0.25) is 9.59 Å². The van der Waals surface area contributed by atoms with Crippen LogP contribution in [0.25, 0.3) is 0 Å². The van der Waals surface area contributed by atoms with Gasteiger partial charge in [-0.2, -0.15) is 0 Å². The number of H-pyrrole nitrogens is 1. The number of ether oxygens (including phenoxy) is 1. The zero-order chi connectivity index (χ0) is 22.5. The molecule has 6 nitrogen and oxygen atoms in total. The Bertz CT molecular complexity index is 1150. The standard InChI is InChI=1S/C24H24FN3O3S/c1-2-3-12-31-18-10-6-16(7-11-18)19-13-20(29)26-22-21(19)23(30)28-24(27-22)32-14-15-4-8-17(25)9-5-15/h4-11,19H,2-3,12-14H2,1H3,(H2,26,27,28,29,30)/t19-/m1/s1. The number of benzene rings is 2. The second-order valence-electron chi connectivity index (χ2n) is 7.62. The first-order valence-corrected chi connectivity index (χ1v) is 11.6. The molecule has 2 heterocycles. The number of aromatic nitrogens is 2. The zero-order valence-corrected chi connectivity index (χ0v) is 18.5. The number of rotatable bonds is 8. The maximum Gasteiger partial charge on any atom is 0.257 e. The van der Waals surface area contributed by atoms with E-state index in [0.29, 0.717) is 28.9 Å². The van der Waals surface area contributed by atoms with Gasteiger partial charge < -0.3 is 15.0 Å². The number of anilines is 1. The normalized spacial score (nSPS) is 15.2. The molecule has 8 heteroatoms. The highest BCUT2D eigenvalue weighted by Crippen LogP contribution is 2.35. The van der Waals surface area contributed by atoms with E-state index in [0.717, 1.165) is 29.7 Å². The van der Waals surface area contributed by atoms with E-state index in [1.165, 1.54) is 23.9 Å². The van der Waals surface area contributed by atoms with Crippen LogP contribution < -0.4 is 15.6 Å². The zero-order valence-electron chi connectivity index (χ0n) is 17.7. The average molecular weight is 454 g/mol. The number of hydrogen-bond acceptors (Lipinski definition) is 5. The molecule has 0 saturated heterocycles. The van der Waals surface area contributed by atoms with Crippen LogP contribution in [0, 0.1) is 5.82 Å². The maximum absolute atomic E-state index is 13.1. The predicted octanol–water partition coefficient (Wildman–Crippen LogP) is 4.85. The summed E-state index contributed by atoms with van der Waals surface area (Å²) in [4.78, 5) is 32.6. The van der Waals surface area contributed by atoms with Gasteiger partial charge in [0.1, 0.15) is 17.4 Å². The number of carbonyl (C=O) groups excluding carboxylic acids is 1. The highest BCUT2D eigenvalue weighted by atomic mass is 32.2. The number of nitrogens with one attached hydrogen (secondary N) is 2. The Morgan fingerprint density at radius 1 is 1.12 bits per heavy atom. The fraction of sp³-hybridized carbons (Fsp3) is 0.292. The Kier molecular flexibility index (Phi) is 6.90. The Hall–Kier alpha value is -3.13. The quantitative estimate of drug-likeness (QED) is 0.289. The number of hydrogen-bond donors (Lipinski definition) is 2. The minimum absolute atomic E-state index is 0.176. The number of unbranched alkanes of at least 4 members (excludes halogenated alkanes) is 1. The van der Waals surface area contributed by atoms with Gasteiger partial charge in [0.25, 0.3) is 5.56 Å². The minimum Gasteiger partial charge on any atom is -0.494 e. The van der Waals surface area contributed by atoms with E-state index in [9.17, 15) is 14.0 Å². The van der Waals surface area contributed by atoms with Crippen molar-refractivity contribution in [2.24, 2.45) is 0 Å². The van der Waals surface area contributed by atoms with Gasteiger partial charge in [-0.1, -0.05) is 49.4 Å². The van der Waals surface area contributed by atoms with Crippen LogP contribution in [0.15, 0.2) is 58.5 Å². The summed E-state index contributed by atoms with van der Waals surface area (Å²) >= 11 is 1.32. The molecule has 1 atom stereocenters. The topological polar surface area (TPSA) is 84.1 Å². The summed E-state index contributed by atoms with van der Waals surface area (Å²) < 4.78 is 18.8. The van der Waals surface area contributed by atoms with Crippen LogP contribution in [0.5, 0.6) is 5.75 Å². The van der Waals surface area contributed by atoms with Gasteiger partial charge in [0, 0.05) is 18.1 Å². The number of carbonyl (C=O) groups is 1. The molecule has 32 heavy (non-hydrogen) atoms. The first kappa shape index (κ1) is 22.1. The molecule has 2 aromatic carbocycles. The van der Waals surface area contributed by atoms with Gasteiger partial charge in [0.2, 0.25) is 5.91 Å². The van der Waals surface area contributed by atoms with E-state index in [1.807, 2.05) is 24.3 Å². The lowest BCUT2D eigenvalue weighted by atomic mass is 9.87. The summed E-state index contributed by atoms with van der Waals surface area (Å²) in [6.07, 6.45) is 2.22. The first-order chi connectivity index (χ1) is 15.5. The van der Waals surface area contributed by atoms with E-state index in [2.05, 4.69) is 22.2 Å². The van der Waals surface area contributed by atoms with Crippen molar-refractivity contribution in [2.75, 3.05) is 11.9 Å². The van der Waals surface area contributed by atoms with Crippen LogP contribution in [0.4, 0.5) is 10.2 Å². The molecule has 1 amide bonds. The fourth-order valence-electron chi connectivity index (χ4n) is 3.57. The lowest BCUT2D eigenvalue weighted by molar-refractivity contribution is -0.116. The first-order valence-electron chi connectivity index (χ1n) is 10.6. The van der Waals surface area contributed by atoms with Gasteiger partial charge in [-0.15, -0.1) is 0 Å². The molecule has 1 aliphatic rings. The van der Waals surface area contributed by atoms with Crippen molar-refractivity contribution in [3.8, 4) is 5.75 Å². The maximum atomic E-state index is 13.1. The SMILES string of the molecule is CCCCOc1ccc([C@H]2CC(=O)Nc3nc(SCc4ccc(F)cc4)[nH]c(=O)c32)cc1. The lowest BCUT2D eigenvalue weighted by Gasteiger charge is -2.24. The van der Waals surface area contributed by atoms with E-state index in [-0.39, 0.29) is 29.6 Å². The van der Waals surface area contributed by atoms with Gasteiger partial charge in [0.05, 0.1) is 12.2 Å². The highest BCUT2D eigenvalue weighted by Gasteiger charge is 2.31. The Balaban J connectivity index is 1.55. The van der Waals surface area contributed by atoms with Crippen molar-refractivity contribution in [2.45, 2.75) is 43.0 Å². The Labute approximate surface area is 189 Å². The molecule has 166 valence electrons. The molecule has 0 saturated carbocycles. The molecule has 2 N–H and O–H groups in total. The van der Waals surface area contributed by atoms with Gasteiger partial charge in [-0.25, -0.2) is 9.37 Å². The molecule has 0 aliphatic carbocycles. The molecule has 0 fully saturated rings. The van der Waals surface area contributed by atoms with Crippen molar-refractivity contribution >= 4 is 23.5 Å². The minimum atomic E-state index is -0.379. The lowest BCUT2D eigenvalue weighted by Crippen LogP contribution is -2.31. The van der Waals surface area contributed by atoms with Crippen LogP contribution in [0.3, 0.4) is 0 Å². The largest absolute Gasteiger partial charge is 0.494 e. The summed E-state index contributed by atoms with van der Waals surface area (Å²) in [5, 5.41) is 3.14. The molecule has 0 bridgehead atoms. The highest BCUT2D eigenvalue weighted by molar-refractivity contribution is 7.98. The van der Waals surface area contributed by atoms with Crippen molar-refractivity contribution in [3.63, 3.8) is 0 Å². The van der Waals surface area contributed by atoms with Crippen LogP contribution in [0.2, 0.25) is 0 Å². The summed E-state index contributed by atoms with van der Waals surface area (Å²) in [5.41, 5.74) is 1.95. The summed E-state index contributed by atoms with van der Waals surface area (Å²) in [7, 11) is 0. The molecule has 0 radical (unpaired) electrons. The van der Waals surface area contributed by atoms with Crippen molar-refractivity contribution in [3.05, 3.63) is 81.4 Å². The molecular formula is C24H24FN3O3S. The fourth-order valence-corrected chi connectivity index (χ4v) is 4.38. The smallest absolute Gasteiger partial charge is 0.257 e. The van der Waals surface area contributed by atoms with E-state index in [1.54, 1.807) is 12.1 Å². The number of halogens is 1. The van der Waals surface area contributed by atoms with Gasteiger partial charge >= 0.3 is 0 Å². The third kappa shape index (κ3) is 5.19. The van der Waals surface area contributed by atoms with Crippen LogP contribution in [-0.4, -0.2) is 22.5 Å². The second-order valence-corrected chi connectivity index (χ2v) is 8.59. The molecule has 3 aromatic rings. The molecule has 0 unspecified atom stereocenters. The van der Waals surface area contributed by atoms with Crippen LogP contribution >= 0.6 is 11.8 Å². The number of fused-ring (bicyclic) bond motifs is 1. The second kappa shape index (κ2) is 9.99. The predicted molar refractivity (Wildman–Crippen MR) is 123 cm³/mol. The van der Waals surface area contributed by atoms with E-state index >= 15 is 0 Å².